The van der Waals surface area contributed by atoms with E-state index in [1.165, 1.54) is 12.3 Å². The van der Waals surface area contributed by atoms with Gasteiger partial charge in [-0.3, -0.25) is 0 Å². The number of nitrogens with zero attached hydrogens (tertiary/aromatic N) is 2. The summed E-state index contributed by atoms with van der Waals surface area (Å²) in [7, 11) is 1.01. The minimum absolute atomic E-state index is 0.172. The van der Waals surface area contributed by atoms with Gasteiger partial charge in [0, 0.05) is 12.4 Å². The Labute approximate surface area is 116 Å². The average molecular weight is 311 g/mol. The zero-order valence-corrected chi connectivity index (χ0v) is 11.4. The van der Waals surface area contributed by atoms with E-state index in [0.29, 0.717) is 9.91 Å². The summed E-state index contributed by atoms with van der Waals surface area (Å²) in [5.74, 6) is -1.21. The Morgan fingerprint density at radius 1 is 1.55 bits per heavy atom. The number of alkyl halides is 3. The maximum atomic E-state index is 12.1. The van der Waals surface area contributed by atoms with Gasteiger partial charge in [-0.1, -0.05) is 0 Å². The number of amides is 2. The van der Waals surface area contributed by atoms with Crippen LogP contribution in [0.3, 0.4) is 0 Å². The van der Waals surface area contributed by atoms with E-state index in [2.05, 4.69) is 10.3 Å². The van der Waals surface area contributed by atoms with Crippen LogP contribution in [0.2, 0.25) is 0 Å². The zero-order chi connectivity index (χ0) is 15.5. The molecule has 2 amide bonds. The van der Waals surface area contributed by atoms with E-state index in [9.17, 15) is 22.8 Å². The van der Waals surface area contributed by atoms with Gasteiger partial charge in [0.1, 0.15) is 11.6 Å². The van der Waals surface area contributed by atoms with Gasteiger partial charge >= 0.3 is 18.2 Å². The third-order valence-electron chi connectivity index (χ3n) is 2.21. The second-order valence-electron chi connectivity index (χ2n) is 4.02. The van der Waals surface area contributed by atoms with E-state index in [4.69, 9.17) is 5.11 Å². The molecule has 112 valence electrons. The van der Waals surface area contributed by atoms with Crippen molar-refractivity contribution in [3.05, 3.63) is 16.1 Å². The third kappa shape index (κ3) is 4.68. The highest BCUT2D eigenvalue weighted by molar-refractivity contribution is 7.09. The van der Waals surface area contributed by atoms with Gasteiger partial charge in [0.05, 0.1) is 6.04 Å². The molecule has 1 rings (SSSR count). The van der Waals surface area contributed by atoms with Crippen LogP contribution in [-0.4, -0.2) is 46.8 Å². The van der Waals surface area contributed by atoms with E-state index < -0.39 is 30.8 Å². The fourth-order valence-corrected chi connectivity index (χ4v) is 2.08. The predicted molar refractivity (Wildman–Crippen MR) is 64.7 cm³/mol. The number of thiazole rings is 1. The topological polar surface area (TPSA) is 82.5 Å². The van der Waals surface area contributed by atoms with Gasteiger partial charge in [-0.2, -0.15) is 13.2 Å². The number of nitrogens with one attached hydrogen (secondary N) is 1. The highest BCUT2D eigenvalue weighted by Crippen LogP contribution is 2.19. The van der Waals surface area contributed by atoms with Gasteiger partial charge in [0.15, 0.2) is 5.69 Å². The first kappa shape index (κ1) is 16.2. The molecule has 10 heteroatoms. The Kier molecular flexibility index (Phi) is 4.93. The van der Waals surface area contributed by atoms with Crippen LogP contribution in [0.1, 0.15) is 28.5 Å². The molecule has 2 N–H and O–H groups in total. The summed E-state index contributed by atoms with van der Waals surface area (Å²) in [5, 5.41) is 12.6. The Bertz CT molecular complexity index is 503. The molecule has 20 heavy (non-hydrogen) atoms. The molecule has 1 aromatic heterocycles. The summed E-state index contributed by atoms with van der Waals surface area (Å²) < 4.78 is 36.4. The van der Waals surface area contributed by atoms with Gasteiger partial charge in [-0.15, -0.1) is 11.3 Å². The van der Waals surface area contributed by atoms with Gasteiger partial charge in [-0.25, -0.2) is 14.6 Å². The van der Waals surface area contributed by atoms with E-state index in [1.54, 1.807) is 0 Å². The van der Waals surface area contributed by atoms with E-state index in [-0.39, 0.29) is 5.69 Å². The van der Waals surface area contributed by atoms with Crippen LogP contribution in [0, 0.1) is 0 Å². The molecule has 0 saturated carbocycles. The molecule has 0 aromatic carbocycles. The van der Waals surface area contributed by atoms with Crippen molar-refractivity contribution >= 4 is 23.3 Å². The van der Waals surface area contributed by atoms with E-state index >= 15 is 0 Å². The molecule has 6 nitrogen and oxygen atoms in total. The minimum Gasteiger partial charge on any atom is -0.476 e. The first-order chi connectivity index (χ1) is 9.10. The number of carbonyl (C=O) groups excluding carboxylic acids is 1. The molecule has 1 atom stereocenters. The third-order valence-corrected chi connectivity index (χ3v) is 3.24. The summed E-state index contributed by atoms with van der Waals surface area (Å²) in [6, 6.07) is -1.60. The van der Waals surface area contributed by atoms with Crippen molar-refractivity contribution in [2.45, 2.75) is 19.1 Å². The highest BCUT2D eigenvalue weighted by atomic mass is 32.1. The van der Waals surface area contributed by atoms with Crippen molar-refractivity contribution in [3.63, 3.8) is 0 Å². The van der Waals surface area contributed by atoms with Crippen molar-refractivity contribution in [1.29, 1.82) is 0 Å². The number of halogens is 3. The summed E-state index contributed by atoms with van der Waals surface area (Å²) in [4.78, 5) is 26.4. The number of aromatic carboxylic acids is 1. The number of carbonyl (C=O) groups is 2. The summed E-state index contributed by atoms with van der Waals surface area (Å²) in [6.07, 6.45) is -4.48. The fourth-order valence-electron chi connectivity index (χ4n) is 1.28. The second kappa shape index (κ2) is 6.07. The predicted octanol–water partition coefficient (Wildman–Crippen LogP) is 2.11. The van der Waals surface area contributed by atoms with Gasteiger partial charge in [0.25, 0.3) is 0 Å². The zero-order valence-electron chi connectivity index (χ0n) is 10.6. The van der Waals surface area contributed by atoms with Crippen LogP contribution in [0.25, 0.3) is 0 Å². The molecule has 0 fully saturated rings. The van der Waals surface area contributed by atoms with Crippen LogP contribution < -0.4 is 5.32 Å². The van der Waals surface area contributed by atoms with Gasteiger partial charge in [0.2, 0.25) is 0 Å². The summed E-state index contributed by atoms with van der Waals surface area (Å²) >= 11 is 1.01. The fraction of sp³-hybridized carbons (Fsp3) is 0.500. The maximum Gasteiger partial charge on any atom is 0.406 e. The largest absolute Gasteiger partial charge is 0.476 e. The molecule has 1 heterocycles. The summed E-state index contributed by atoms with van der Waals surface area (Å²) in [6.45, 7) is 0.133. The average Bonchev–Trinajstić information content (AvgIpc) is 2.75. The SMILES string of the molecule is CC(NC(=O)N(C)CC(F)(F)F)c1nc(C(=O)O)cs1. The lowest BCUT2D eigenvalue weighted by Crippen LogP contribution is -2.43. The first-order valence-electron chi connectivity index (χ1n) is 5.37. The lowest BCUT2D eigenvalue weighted by Gasteiger charge is -2.21. The molecule has 0 saturated heterocycles. The number of hydrogen-bond acceptors (Lipinski definition) is 4. The van der Waals surface area contributed by atoms with E-state index in [0.717, 1.165) is 18.4 Å². The van der Waals surface area contributed by atoms with Crippen molar-refractivity contribution in [3.8, 4) is 0 Å². The van der Waals surface area contributed by atoms with Crippen LogP contribution >= 0.6 is 11.3 Å². The van der Waals surface area contributed by atoms with Crippen molar-refractivity contribution < 1.29 is 27.9 Å². The molecule has 1 unspecified atom stereocenters. The number of rotatable bonds is 4. The van der Waals surface area contributed by atoms with Gasteiger partial charge < -0.3 is 15.3 Å². The van der Waals surface area contributed by atoms with Crippen molar-refractivity contribution in [2.24, 2.45) is 0 Å². The number of carboxylic acid groups (broad SMARTS) is 1. The molecule has 0 bridgehead atoms. The Balaban J connectivity index is 2.62. The molecule has 0 spiro atoms. The molecule has 0 aliphatic carbocycles. The molecule has 0 aliphatic rings. The molecular formula is C10H12F3N3O3S. The number of urea groups is 1. The Morgan fingerprint density at radius 2 is 2.15 bits per heavy atom. The van der Waals surface area contributed by atoms with Crippen LogP contribution in [0.15, 0.2) is 5.38 Å². The van der Waals surface area contributed by atoms with Crippen LogP contribution in [-0.2, 0) is 0 Å². The maximum absolute atomic E-state index is 12.1. The second-order valence-corrected chi connectivity index (χ2v) is 4.91. The number of aromatic nitrogens is 1. The highest BCUT2D eigenvalue weighted by Gasteiger charge is 2.31. The smallest absolute Gasteiger partial charge is 0.406 e. The molecular weight excluding hydrogens is 299 g/mol. The van der Waals surface area contributed by atoms with Gasteiger partial charge in [-0.05, 0) is 6.92 Å². The number of hydrogen-bond donors (Lipinski definition) is 2. The minimum atomic E-state index is -4.48. The van der Waals surface area contributed by atoms with Crippen molar-refractivity contribution in [2.75, 3.05) is 13.6 Å². The molecule has 0 radical (unpaired) electrons. The lowest BCUT2D eigenvalue weighted by atomic mass is 10.3. The summed E-state index contributed by atoms with van der Waals surface area (Å²) in [5.41, 5.74) is -0.172. The Hall–Kier alpha value is -1.84. The Morgan fingerprint density at radius 3 is 2.60 bits per heavy atom. The van der Waals surface area contributed by atoms with Crippen molar-refractivity contribution in [1.82, 2.24) is 15.2 Å². The van der Waals surface area contributed by atoms with Crippen LogP contribution in [0.4, 0.5) is 18.0 Å². The molecule has 0 aliphatic heterocycles. The van der Waals surface area contributed by atoms with E-state index in [1.807, 2.05) is 0 Å². The normalized spacial score (nSPS) is 12.8. The lowest BCUT2D eigenvalue weighted by molar-refractivity contribution is -0.137. The standard InChI is InChI=1S/C10H12F3N3O3S/c1-5(7-15-6(3-20-7)8(17)18)14-9(19)16(2)4-10(11,12)13/h3,5H,4H2,1-2H3,(H,14,19)(H,17,18). The molecule has 1 aromatic rings. The quantitative estimate of drug-likeness (QED) is 0.892. The number of carboxylic acids is 1. The van der Waals surface area contributed by atoms with Crippen LogP contribution in [0.5, 0.6) is 0 Å². The monoisotopic (exact) mass is 311 g/mol. The first-order valence-corrected chi connectivity index (χ1v) is 6.25.